The lowest BCUT2D eigenvalue weighted by molar-refractivity contribution is -0.129. The molecule has 0 unspecified atom stereocenters. The molecule has 0 atom stereocenters. The smallest absolute Gasteiger partial charge is 0.338 e. The molecule has 40 heavy (non-hydrogen) atoms. The average Bonchev–Trinajstić information content (AvgIpc) is 3.29. The van der Waals surface area contributed by atoms with Gasteiger partial charge in [-0.05, 0) is 43.3 Å². The van der Waals surface area contributed by atoms with Crippen molar-refractivity contribution in [1.29, 1.82) is 0 Å². The Bertz CT molecular complexity index is 1560. The summed E-state index contributed by atoms with van der Waals surface area (Å²) in [6.07, 6.45) is 0.260. The number of aliphatic imine (C=N–C) groups is 1. The largest absolute Gasteiger partial charge is 0.494 e. The van der Waals surface area contributed by atoms with E-state index in [1.54, 1.807) is 70.4 Å². The van der Waals surface area contributed by atoms with Gasteiger partial charge in [-0.2, -0.15) is 0 Å². The lowest BCUT2D eigenvalue weighted by Gasteiger charge is -2.23. The minimum atomic E-state index is -0.444. The van der Waals surface area contributed by atoms with E-state index in [0.29, 0.717) is 39.1 Å². The van der Waals surface area contributed by atoms with Crippen LogP contribution in [0.15, 0.2) is 77.8 Å². The van der Waals surface area contributed by atoms with Crippen LogP contribution in [0.5, 0.6) is 5.88 Å². The SMILES string of the molecule is CCOC(=O)c1ccc2c(C(=Nc3ccc(N(CC(=O)N(C)C)C(=O)CC)cc3)c3ccccc3)c(O)[nH]c2c1. The van der Waals surface area contributed by atoms with E-state index in [1.165, 1.54) is 9.80 Å². The van der Waals surface area contributed by atoms with Gasteiger partial charge in [-0.1, -0.05) is 43.3 Å². The van der Waals surface area contributed by atoms with Crippen LogP contribution in [0.4, 0.5) is 11.4 Å². The number of esters is 1. The fraction of sp³-hybridized carbons (Fsp3) is 0.226. The lowest BCUT2D eigenvalue weighted by Crippen LogP contribution is -2.40. The van der Waals surface area contributed by atoms with Gasteiger partial charge in [0.15, 0.2) is 5.88 Å². The van der Waals surface area contributed by atoms with Gasteiger partial charge >= 0.3 is 5.97 Å². The molecule has 0 radical (unpaired) electrons. The van der Waals surface area contributed by atoms with Crippen molar-refractivity contribution in [1.82, 2.24) is 9.88 Å². The topological polar surface area (TPSA) is 115 Å². The zero-order valence-electron chi connectivity index (χ0n) is 23.0. The highest BCUT2D eigenvalue weighted by atomic mass is 16.5. The standard InChI is InChI=1S/C31H32N4O5/c1-5-26(36)35(19-27(37)34(3)4)23-15-13-22(14-16-23)32-29(20-10-8-7-9-11-20)28-24-17-12-21(31(39)40-6-2)18-25(24)33-30(28)38/h7-18,33,38H,5-6,19H2,1-4H3. The van der Waals surface area contributed by atoms with Gasteiger partial charge in [-0.3, -0.25) is 9.59 Å². The number of fused-ring (bicyclic) bond motifs is 1. The predicted octanol–water partition coefficient (Wildman–Crippen LogP) is 5.05. The number of aromatic nitrogens is 1. The highest BCUT2D eigenvalue weighted by Gasteiger charge is 2.21. The predicted molar refractivity (Wildman–Crippen MR) is 155 cm³/mol. The van der Waals surface area contributed by atoms with Crippen molar-refractivity contribution in [3.8, 4) is 5.88 Å². The maximum Gasteiger partial charge on any atom is 0.338 e. The van der Waals surface area contributed by atoms with E-state index in [0.717, 1.165) is 5.56 Å². The third-order valence-corrected chi connectivity index (χ3v) is 6.37. The number of nitrogens with one attached hydrogen (secondary N) is 1. The first kappa shape index (κ1) is 28.1. The summed E-state index contributed by atoms with van der Waals surface area (Å²) in [5.41, 5.74) is 3.89. The maximum absolute atomic E-state index is 12.6. The normalized spacial score (nSPS) is 11.3. The van der Waals surface area contributed by atoms with Crippen LogP contribution in [-0.2, 0) is 14.3 Å². The fourth-order valence-electron chi connectivity index (χ4n) is 4.25. The molecule has 0 saturated heterocycles. The number of rotatable bonds is 9. The van der Waals surface area contributed by atoms with Crippen LogP contribution in [0.2, 0.25) is 0 Å². The van der Waals surface area contributed by atoms with Crippen molar-refractivity contribution >= 4 is 45.8 Å². The van der Waals surface area contributed by atoms with Crippen molar-refractivity contribution in [2.45, 2.75) is 20.3 Å². The van der Waals surface area contributed by atoms with Gasteiger partial charge in [-0.15, -0.1) is 0 Å². The third kappa shape index (κ3) is 6.04. The summed E-state index contributed by atoms with van der Waals surface area (Å²) in [4.78, 5) is 47.9. The van der Waals surface area contributed by atoms with E-state index >= 15 is 0 Å². The number of anilines is 1. The van der Waals surface area contributed by atoms with Gasteiger partial charge in [0.2, 0.25) is 11.8 Å². The molecule has 2 amide bonds. The lowest BCUT2D eigenvalue weighted by atomic mass is 10.00. The summed E-state index contributed by atoms with van der Waals surface area (Å²) in [5.74, 6) is -0.879. The van der Waals surface area contributed by atoms with E-state index in [4.69, 9.17) is 9.73 Å². The van der Waals surface area contributed by atoms with E-state index in [-0.39, 0.29) is 37.3 Å². The van der Waals surface area contributed by atoms with Crippen LogP contribution in [0.1, 0.15) is 41.8 Å². The minimum Gasteiger partial charge on any atom is -0.494 e. The number of hydrogen-bond donors (Lipinski definition) is 2. The van der Waals surface area contributed by atoms with Gasteiger partial charge < -0.3 is 24.6 Å². The zero-order valence-corrected chi connectivity index (χ0v) is 23.0. The number of aromatic hydroxyl groups is 1. The first-order valence-corrected chi connectivity index (χ1v) is 13.0. The van der Waals surface area contributed by atoms with Crippen LogP contribution >= 0.6 is 0 Å². The van der Waals surface area contributed by atoms with Gasteiger partial charge in [0.25, 0.3) is 0 Å². The second-order valence-electron chi connectivity index (χ2n) is 9.29. The molecule has 3 aromatic carbocycles. The molecule has 9 nitrogen and oxygen atoms in total. The van der Waals surface area contributed by atoms with E-state index < -0.39 is 5.97 Å². The van der Waals surface area contributed by atoms with Gasteiger partial charge in [0.05, 0.1) is 29.1 Å². The maximum atomic E-state index is 12.6. The Balaban J connectivity index is 1.77. The minimum absolute atomic E-state index is 0.0610. The number of hydrogen-bond acceptors (Lipinski definition) is 6. The van der Waals surface area contributed by atoms with Crippen LogP contribution < -0.4 is 4.90 Å². The summed E-state index contributed by atoms with van der Waals surface area (Å²) in [5, 5.41) is 11.7. The first-order valence-electron chi connectivity index (χ1n) is 13.0. The van der Waals surface area contributed by atoms with Gasteiger partial charge in [0, 0.05) is 42.7 Å². The number of ether oxygens (including phenoxy) is 1. The Kier molecular flexibility index (Phi) is 8.63. The summed E-state index contributed by atoms with van der Waals surface area (Å²) in [6, 6.07) is 21.5. The molecule has 206 valence electrons. The molecule has 1 aromatic heterocycles. The number of likely N-dealkylation sites (N-methyl/N-ethyl adjacent to an activating group) is 1. The number of carbonyl (C=O) groups excluding carboxylic acids is 3. The van der Waals surface area contributed by atoms with E-state index in [1.807, 2.05) is 30.3 Å². The molecule has 1 heterocycles. The number of carbonyl (C=O) groups is 3. The van der Waals surface area contributed by atoms with Crippen LogP contribution in [-0.4, -0.2) is 65.7 Å². The number of aromatic amines is 1. The number of nitrogens with zero attached hydrogens (tertiary/aromatic N) is 3. The number of amides is 2. The molecule has 0 aliphatic carbocycles. The Morgan fingerprint density at radius 2 is 1.60 bits per heavy atom. The number of H-pyrrole nitrogens is 1. The Morgan fingerprint density at radius 1 is 0.900 bits per heavy atom. The molecule has 4 rings (SSSR count). The van der Waals surface area contributed by atoms with Crippen LogP contribution in [0.25, 0.3) is 10.9 Å². The molecule has 9 heteroatoms. The first-order chi connectivity index (χ1) is 19.2. The third-order valence-electron chi connectivity index (χ3n) is 6.37. The van der Waals surface area contributed by atoms with Crippen molar-refractivity contribution in [2.75, 3.05) is 32.1 Å². The monoisotopic (exact) mass is 540 g/mol. The summed E-state index contributed by atoms with van der Waals surface area (Å²) >= 11 is 0. The number of benzene rings is 3. The molecule has 0 aliphatic heterocycles. The molecule has 0 bridgehead atoms. The Hall–Kier alpha value is -4.92. The molecule has 4 aromatic rings. The summed E-state index contributed by atoms with van der Waals surface area (Å²) in [6.45, 7) is 3.70. The van der Waals surface area contributed by atoms with Gasteiger partial charge in [-0.25, -0.2) is 9.79 Å². The van der Waals surface area contributed by atoms with Crippen molar-refractivity contribution in [3.05, 3.63) is 89.5 Å². The van der Waals surface area contributed by atoms with E-state index in [9.17, 15) is 19.5 Å². The fourth-order valence-corrected chi connectivity index (χ4v) is 4.25. The second kappa shape index (κ2) is 12.3. The average molecular weight is 541 g/mol. The Morgan fingerprint density at radius 3 is 2.23 bits per heavy atom. The molecule has 2 N–H and O–H groups in total. The second-order valence-corrected chi connectivity index (χ2v) is 9.29. The van der Waals surface area contributed by atoms with E-state index in [2.05, 4.69) is 4.98 Å². The van der Waals surface area contributed by atoms with Crippen molar-refractivity contribution in [3.63, 3.8) is 0 Å². The van der Waals surface area contributed by atoms with Crippen LogP contribution in [0.3, 0.4) is 0 Å². The molecular weight excluding hydrogens is 508 g/mol. The van der Waals surface area contributed by atoms with Crippen molar-refractivity contribution < 1.29 is 24.2 Å². The molecular formula is C31H32N4O5. The summed E-state index contributed by atoms with van der Waals surface area (Å²) < 4.78 is 5.11. The molecule has 0 aliphatic rings. The van der Waals surface area contributed by atoms with Gasteiger partial charge in [0.1, 0.15) is 6.54 Å². The summed E-state index contributed by atoms with van der Waals surface area (Å²) in [7, 11) is 3.30. The quantitative estimate of drug-likeness (QED) is 0.228. The molecule has 0 spiro atoms. The highest BCUT2D eigenvalue weighted by molar-refractivity contribution is 6.22. The molecule has 0 saturated carbocycles. The Labute approximate surface area is 232 Å². The zero-order chi connectivity index (χ0) is 28.8. The van der Waals surface area contributed by atoms with Crippen LogP contribution in [0, 0.1) is 0 Å². The molecule has 0 fully saturated rings. The van der Waals surface area contributed by atoms with Crippen molar-refractivity contribution in [2.24, 2.45) is 4.99 Å². The highest BCUT2D eigenvalue weighted by Crippen LogP contribution is 2.32.